The van der Waals surface area contributed by atoms with Gasteiger partial charge in [-0.1, -0.05) is 18.2 Å². The Morgan fingerprint density at radius 3 is 2.84 bits per heavy atom. The molecule has 19 heavy (non-hydrogen) atoms. The normalized spacial score (nSPS) is 19.1. The van der Waals surface area contributed by atoms with E-state index in [2.05, 4.69) is 10.3 Å². The second-order valence-electron chi connectivity index (χ2n) is 4.84. The van der Waals surface area contributed by atoms with E-state index in [0.29, 0.717) is 11.2 Å². The molecule has 5 heteroatoms. The van der Waals surface area contributed by atoms with Crippen LogP contribution in [0.5, 0.6) is 0 Å². The minimum absolute atomic E-state index is 0.0639. The zero-order valence-electron chi connectivity index (χ0n) is 10.6. The third kappa shape index (κ3) is 2.07. The van der Waals surface area contributed by atoms with Crippen LogP contribution < -0.4 is 10.9 Å². The smallest absolute Gasteiger partial charge is 0.257 e. The van der Waals surface area contributed by atoms with Crippen LogP contribution in [0.2, 0.25) is 0 Å². The van der Waals surface area contributed by atoms with Crippen molar-refractivity contribution in [2.75, 3.05) is 18.9 Å². The highest BCUT2D eigenvalue weighted by molar-refractivity contribution is 5.88. The van der Waals surface area contributed by atoms with Gasteiger partial charge in [0.05, 0.1) is 0 Å². The summed E-state index contributed by atoms with van der Waals surface area (Å²) in [4.78, 5) is 28.2. The van der Waals surface area contributed by atoms with Crippen molar-refractivity contribution in [1.29, 1.82) is 0 Å². The van der Waals surface area contributed by atoms with Gasteiger partial charge in [-0.15, -0.1) is 0 Å². The van der Waals surface area contributed by atoms with Gasteiger partial charge in [0.2, 0.25) is 5.91 Å². The van der Waals surface area contributed by atoms with Crippen LogP contribution in [0.1, 0.15) is 6.42 Å². The van der Waals surface area contributed by atoms with Crippen LogP contribution in [-0.4, -0.2) is 35.4 Å². The fraction of sp³-hybridized carbons (Fsp3) is 0.286. The lowest BCUT2D eigenvalue weighted by atomic mass is 10.1. The Morgan fingerprint density at radius 2 is 2.11 bits per heavy atom. The molecule has 1 fully saturated rings. The summed E-state index contributed by atoms with van der Waals surface area (Å²) in [5, 5.41) is 4.63. The number of aromatic amines is 1. The Labute approximate surface area is 110 Å². The highest BCUT2D eigenvalue weighted by Crippen LogP contribution is 2.17. The summed E-state index contributed by atoms with van der Waals surface area (Å²) in [6.07, 6.45) is 0.754. The van der Waals surface area contributed by atoms with E-state index in [0.717, 1.165) is 18.4 Å². The minimum Gasteiger partial charge on any atom is -0.360 e. The molecule has 98 valence electrons. The summed E-state index contributed by atoms with van der Waals surface area (Å²) < 4.78 is 0. The molecule has 1 atom stereocenters. The fourth-order valence-electron chi connectivity index (χ4n) is 2.43. The molecule has 1 aliphatic heterocycles. The molecular formula is C14H15N3O2. The molecule has 2 N–H and O–H groups in total. The van der Waals surface area contributed by atoms with Gasteiger partial charge in [0, 0.05) is 19.0 Å². The fourth-order valence-corrected chi connectivity index (χ4v) is 2.43. The first-order chi connectivity index (χ1) is 9.15. The van der Waals surface area contributed by atoms with Gasteiger partial charge in [-0.3, -0.25) is 9.59 Å². The van der Waals surface area contributed by atoms with Crippen LogP contribution >= 0.6 is 0 Å². The first-order valence-electron chi connectivity index (χ1n) is 6.29. The Morgan fingerprint density at radius 1 is 1.32 bits per heavy atom. The van der Waals surface area contributed by atoms with Crippen LogP contribution in [0, 0.1) is 0 Å². The molecule has 1 amide bonds. The average molecular weight is 257 g/mol. The van der Waals surface area contributed by atoms with Crippen molar-refractivity contribution >= 4 is 22.5 Å². The maximum absolute atomic E-state index is 11.9. The second-order valence-corrected chi connectivity index (χ2v) is 4.84. The minimum atomic E-state index is -0.248. The van der Waals surface area contributed by atoms with Gasteiger partial charge in [-0.05, 0) is 23.9 Å². The highest BCUT2D eigenvalue weighted by atomic mass is 16.2. The first kappa shape index (κ1) is 11.8. The molecular weight excluding hydrogens is 242 g/mol. The zero-order valence-corrected chi connectivity index (χ0v) is 10.6. The van der Waals surface area contributed by atoms with E-state index >= 15 is 0 Å². The molecule has 1 aromatic carbocycles. The second kappa shape index (κ2) is 4.42. The molecule has 1 saturated heterocycles. The summed E-state index contributed by atoms with van der Waals surface area (Å²) >= 11 is 0. The molecule has 0 radical (unpaired) electrons. The number of H-pyrrole nitrogens is 1. The molecule has 2 aromatic rings. The van der Waals surface area contributed by atoms with Crippen molar-refractivity contribution in [2.45, 2.75) is 12.5 Å². The number of amides is 1. The number of anilines is 1. The van der Waals surface area contributed by atoms with Crippen LogP contribution in [0.3, 0.4) is 0 Å². The predicted molar refractivity (Wildman–Crippen MR) is 74.2 cm³/mol. The summed E-state index contributed by atoms with van der Waals surface area (Å²) in [6, 6.07) is 9.01. The summed E-state index contributed by atoms with van der Waals surface area (Å²) in [5.74, 6) is 0.659. The number of hydrogen-bond donors (Lipinski definition) is 2. The summed E-state index contributed by atoms with van der Waals surface area (Å²) in [5.41, 5.74) is -0.139. The molecule has 5 nitrogen and oxygen atoms in total. The van der Waals surface area contributed by atoms with Crippen LogP contribution in [0.15, 0.2) is 35.1 Å². The molecule has 1 unspecified atom stereocenters. The number of fused-ring (bicyclic) bond motifs is 1. The first-order valence-corrected chi connectivity index (χ1v) is 6.29. The largest absolute Gasteiger partial charge is 0.360 e. The summed E-state index contributed by atoms with van der Waals surface area (Å²) in [6.45, 7) is 0.744. The number of aromatic nitrogens is 1. The Balaban J connectivity index is 1.94. The van der Waals surface area contributed by atoms with Gasteiger partial charge in [0.1, 0.15) is 11.9 Å². The van der Waals surface area contributed by atoms with Crippen molar-refractivity contribution in [3.63, 3.8) is 0 Å². The van der Waals surface area contributed by atoms with Gasteiger partial charge in [-0.2, -0.15) is 0 Å². The lowest BCUT2D eigenvalue weighted by Crippen LogP contribution is -2.31. The van der Waals surface area contributed by atoms with Crippen molar-refractivity contribution in [2.24, 2.45) is 0 Å². The number of carbonyl (C=O) groups is 1. The van der Waals surface area contributed by atoms with E-state index in [9.17, 15) is 9.59 Å². The topological polar surface area (TPSA) is 65.2 Å². The maximum atomic E-state index is 11.9. The predicted octanol–water partition coefficient (Wildman–Crippen LogP) is 1.17. The third-order valence-corrected chi connectivity index (χ3v) is 3.51. The van der Waals surface area contributed by atoms with E-state index in [1.165, 1.54) is 0 Å². The Kier molecular flexibility index (Phi) is 2.74. The van der Waals surface area contributed by atoms with E-state index < -0.39 is 0 Å². The molecule has 2 heterocycles. The number of benzene rings is 1. The number of hydrogen-bond acceptors (Lipinski definition) is 3. The molecule has 0 aliphatic carbocycles. The van der Waals surface area contributed by atoms with Gasteiger partial charge < -0.3 is 15.2 Å². The molecule has 0 saturated carbocycles. The number of nitrogens with one attached hydrogen (secondary N) is 2. The quantitative estimate of drug-likeness (QED) is 0.848. The van der Waals surface area contributed by atoms with Gasteiger partial charge in [0.25, 0.3) is 5.56 Å². The van der Waals surface area contributed by atoms with Crippen LogP contribution in [-0.2, 0) is 4.79 Å². The SMILES string of the molecule is CN1CCC(Nc2cc3ccccc3c(=O)[nH]2)C1=O. The van der Waals surface area contributed by atoms with Crippen molar-refractivity contribution in [1.82, 2.24) is 9.88 Å². The van der Waals surface area contributed by atoms with Crippen molar-refractivity contribution < 1.29 is 4.79 Å². The van der Waals surface area contributed by atoms with Crippen LogP contribution in [0.25, 0.3) is 10.8 Å². The average Bonchev–Trinajstić information content (AvgIpc) is 2.71. The van der Waals surface area contributed by atoms with E-state index in [1.54, 1.807) is 18.0 Å². The number of rotatable bonds is 2. The number of nitrogens with zero attached hydrogens (tertiary/aromatic N) is 1. The standard InChI is InChI=1S/C14H15N3O2/c1-17-7-6-11(14(17)19)15-12-8-9-4-2-3-5-10(9)13(18)16-12/h2-5,8,11H,6-7H2,1H3,(H2,15,16,18). The van der Waals surface area contributed by atoms with Gasteiger partial charge in [-0.25, -0.2) is 0 Å². The van der Waals surface area contributed by atoms with Crippen LogP contribution in [0.4, 0.5) is 5.82 Å². The molecule has 1 aliphatic rings. The lowest BCUT2D eigenvalue weighted by Gasteiger charge is -2.13. The monoisotopic (exact) mass is 257 g/mol. The molecule has 3 rings (SSSR count). The number of likely N-dealkylation sites (N-methyl/N-ethyl adjacent to an activating group) is 1. The van der Waals surface area contributed by atoms with E-state index in [-0.39, 0.29) is 17.5 Å². The number of pyridine rings is 1. The van der Waals surface area contributed by atoms with Gasteiger partial charge in [0.15, 0.2) is 0 Å². The Bertz CT molecular complexity index is 692. The summed E-state index contributed by atoms with van der Waals surface area (Å²) in [7, 11) is 1.78. The molecule has 1 aromatic heterocycles. The zero-order chi connectivity index (χ0) is 13.4. The van der Waals surface area contributed by atoms with Crippen molar-refractivity contribution in [3.05, 3.63) is 40.7 Å². The van der Waals surface area contributed by atoms with Crippen molar-refractivity contribution in [3.8, 4) is 0 Å². The van der Waals surface area contributed by atoms with E-state index in [1.807, 2.05) is 24.3 Å². The highest BCUT2D eigenvalue weighted by Gasteiger charge is 2.28. The number of likely N-dealkylation sites (tertiary alicyclic amines) is 1. The maximum Gasteiger partial charge on any atom is 0.257 e. The third-order valence-electron chi connectivity index (χ3n) is 3.51. The van der Waals surface area contributed by atoms with Gasteiger partial charge >= 0.3 is 0 Å². The molecule has 0 spiro atoms. The Hall–Kier alpha value is -2.30. The van der Waals surface area contributed by atoms with E-state index in [4.69, 9.17) is 0 Å². The lowest BCUT2D eigenvalue weighted by molar-refractivity contribution is -0.127. The molecule has 0 bridgehead atoms. The number of carbonyl (C=O) groups excluding carboxylic acids is 1.